The smallest absolute Gasteiger partial charge is 0.342 e. The molecule has 1 aliphatic heterocycles. The molecule has 7 heteroatoms. The summed E-state index contributed by atoms with van der Waals surface area (Å²) >= 11 is 0. The molecular weight excluding hydrogens is 425 g/mol. The molecule has 4 nitrogen and oxygen atoms in total. The molecule has 0 bridgehead atoms. The summed E-state index contributed by atoms with van der Waals surface area (Å²) in [7, 11) is 2.21. The average Bonchev–Trinajstić information content (AvgIpc) is 3.14. The molecule has 1 aromatic heterocycles. The van der Waals surface area contributed by atoms with Gasteiger partial charge in [-0.05, 0) is 51.4 Å². The van der Waals surface area contributed by atoms with Gasteiger partial charge in [-0.25, -0.2) is 4.98 Å². The van der Waals surface area contributed by atoms with Gasteiger partial charge in [0, 0.05) is 43.5 Å². The van der Waals surface area contributed by atoms with Gasteiger partial charge in [0.1, 0.15) is 5.82 Å². The van der Waals surface area contributed by atoms with Crippen LogP contribution in [0.5, 0.6) is 0 Å². The molecule has 0 unspecified atom stereocenters. The van der Waals surface area contributed by atoms with Crippen molar-refractivity contribution in [2.45, 2.75) is 52.0 Å². The fraction of sp³-hybridized carbons (Fsp3) is 0.423. The predicted molar refractivity (Wildman–Crippen MR) is 125 cm³/mol. The van der Waals surface area contributed by atoms with Crippen LogP contribution in [-0.2, 0) is 19.3 Å². The lowest BCUT2D eigenvalue weighted by atomic mass is 10.0. The number of aryl methyl sites for hydroxylation is 2. The number of hydrogen-bond acceptors (Lipinski definition) is 3. The summed E-state index contributed by atoms with van der Waals surface area (Å²) in [5, 5.41) is 0. The Hall–Kier alpha value is -2.64. The quantitative estimate of drug-likeness (QED) is 0.509. The monoisotopic (exact) mass is 456 g/mol. The zero-order valence-electron chi connectivity index (χ0n) is 19.4. The zero-order valence-corrected chi connectivity index (χ0v) is 19.4. The van der Waals surface area contributed by atoms with Gasteiger partial charge in [0.15, 0.2) is 0 Å². The van der Waals surface area contributed by atoms with Crippen LogP contribution in [0.4, 0.5) is 13.2 Å². The van der Waals surface area contributed by atoms with Crippen molar-refractivity contribution >= 4 is 0 Å². The van der Waals surface area contributed by atoms with E-state index in [1.165, 1.54) is 23.3 Å². The number of piperidine rings is 1. The second kappa shape index (κ2) is 9.69. The van der Waals surface area contributed by atoms with E-state index in [4.69, 9.17) is 4.98 Å². The largest absolute Gasteiger partial charge is 0.416 e. The number of alkyl halides is 3. The molecule has 1 N–H and O–H groups in total. The first-order valence-corrected chi connectivity index (χ1v) is 11.4. The molecule has 3 aromatic rings. The zero-order chi connectivity index (χ0) is 23.6. The molecular formula is C26H31F3N4. The lowest BCUT2D eigenvalue weighted by Crippen LogP contribution is -2.42. The molecule has 2 heterocycles. The minimum atomic E-state index is -4.33. The lowest BCUT2D eigenvalue weighted by molar-refractivity contribution is -0.137. The molecule has 0 radical (unpaired) electrons. The molecule has 1 aliphatic rings. The molecule has 0 atom stereocenters. The van der Waals surface area contributed by atoms with Crippen molar-refractivity contribution in [3.8, 4) is 11.4 Å². The molecule has 0 amide bonds. The minimum Gasteiger partial charge on any atom is -0.342 e. The normalized spacial score (nSPS) is 16.0. The number of nitrogens with one attached hydrogen (secondary N) is 1. The number of aromatic amines is 1. The summed E-state index contributed by atoms with van der Waals surface area (Å²) in [5.41, 5.74) is 4.57. The number of aromatic nitrogens is 2. The predicted octanol–water partition coefficient (Wildman–Crippen LogP) is 5.81. The van der Waals surface area contributed by atoms with E-state index < -0.39 is 11.7 Å². The number of hydrogen-bond donors (Lipinski definition) is 1. The van der Waals surface area contributed by atoms with E-state index in [2.05, 4.69) is 53.0 Å². The van der Waals surface area contributed by atoms with E-state index in [0.717, 1.165) is 62.5 Å². The lowest BCUT2D eigenvalue weighted by Gasteiger charge is -2.36. The van der Waals surface area contributed by atoms with Gasteiger partial charge in [-0.2, -0.15) is 13.2 Å². The number of nitrogens with zero attached hydrogens (tertiary/aromatic N) is 3. The van der Waals surface area contributed by atoms with Crippen LogP contribution in [0.3, 0.4) is 0 Å². The Bertz CT molecular complexity index is 1060. The molecule has 176 valence electrons. The Kier molecular flexibility index (Phi) is 6.91. The van der Waals surface area contributed by atoms with E-state index in [1.54, 1.807) is 0 Å². The standard InChI is InChI=1S/C26H31F3N4/c1-18-5-4-6-20(15-18)16-32(3)23-11-13-33(14-12-23)17-24-19(2)30-25(31-24)21-7-9-22(10-8-21)26(27,28)29/h4-10,15,23H,11-14,16-17H2,1-3H3,(H,30,31). The first-order valence-electron chi connectivity index (χ1n) is 11.4. The van der Waals surface area contributed by atoms with Crippen LogP contribution < -0.4 is 0 Å². The Morgan fingerprint density at radius 2 is 1.76 bits per heavy atom. The molecule has 2 aromatic carbocycles. The SMILES string of the molecule is Cc1cccc(CN(C)C2CCN(Cc3nc(-c4ccc(C(F)(F)F)cc4)[nH]c3C)CC2)c1. The third kappa shape index (κ3) is 5.84. The second-order valence-electron chi connectivity index (χ2n) is 9.14. The van der Waals surface area contributed by atoms with Gasteiger partial charge in [-0.15, -0.1) is 0 Å². The van der Waals surface area contributed by atoms with Crippen molar-refractivity contribution < 1.29 is 13.2 Å². The Morgan fingerprint density at radius 1 is 1.06 bits per heavy atom. The molecule has 0 saturated carbocycles. The van der Waals surface area contributed by atoms with Crippen LogP contribution in [0.25, 0.3) is 11.4 Å². The summed E-state index contributed by atoms with van der Waals surface area (Å²) in [6, 6.07) is 14.4. The van der Waals surface area contributed by atoms with Gasteiger partial charge in [0.25, 0.3) is 0 Å². The number of imidazole rings is 1. The number of H-pyrrole nitrogens is 1. The average molecular weight is 457 g/mol. The molecule has 1 fully saturated rings. The Labute approximate surface area is 193 Å². The van der Waals surface area contributed by atoms with Gasteiger partial charge in [-0.1, -0.05) is 42.0 Å². The fourth-order valence-electron chi connectivity index (χ4n) is 4.56. The fourth-order valence-corrected chi connectivity index (χ4v) is 4.56. The molecule has 1 saturated heterocycles. The summed E-state index contributed by atoms with van der Waals surface area (Å²) < 4.78 is 38.5. The highest BCUT2D eigenvalue weighted by atomic mass is 19.4. The number of benzene rings is 2. The maximum atomic E-state index is 12.8. The number of rotatable bonds is 6. The van der Waals surface area contributed by atoms with Gasteiger partial charge in [-0.3, -0.25) is 9.80 Å². The van der Waals surface area contributed by atoms with Crippen LogP contribution in [0.15, 0.2) is 48.5 Å². The third-order valence-corrected chi connectivity index (χ3v) is 6.54. The molecule has 4 rings (SSSR count). The van der Waals surface area contributed by atoms with Crippen molar-refractivity contribution in [2.75, 3.05) is 20.1 Å². The van der Waals surface area contributed by atoms with Gasteiger partial charge >= 0.3 is 6.18 Å². The van der Waals surface area contributed by atoms with E-state index >= 15 is 0 Å². The highest BCUT2D eigenvalue weighted by molar-refractivity contribution is 5.56. The van der Waals surface area contributed by atoms with Crippen LogP contribution in [0.2, 0.25) is 0 Å². The van der Waals surface area contributed by atoms with Crippen molar-refractivity contribution in [3.63, 3.8) is 0 Å². The van der Waals surface area contributed by atoms with E-state index in [1.807, 2.05) is 6.92 Å². The van der Waals surface area contributed by atoms with Crippen molar-refractivity contribution in [1.29, 1.82) is 0 Å². The maximum absolute atomic E-state index is 12.8. The van der Waals surface area contributed by atoms with Crippen molar-refractivity contribution in [1.82, 2.24) is 19.8 Å². The van der Waals surface area contributed by atoms with E-state index in [-0.39, 0.29) is 0 Å². The topological polar surface area (TPSA) is 35.2 Å². The first-order chi connectivity index (χ1) is 15.7. The number of likely N-dealkylation sites (tertiary alicyclic amines) is 1. The Morgan fingerprint density at radius 3 is 2.39 bits per heavy atom. The summed E-state index contributed by atoms with van der Waals surface area (Å²) in [5.74, 6) is 0.615. The summed E-state index contributed by atoms with van der Waals surface area (Å²) in [6.07, 6.45) is -2.11. The molecule has 0 aliphatic carbocycles. The van der Waals surface area contributed by atoms with E-state index in [9.17, 15) is 13.2 Å². The first kappa shape index (κ1) is 23.5. The molecule has 33 heavy (non-hydrogen) atoms. The summed E-state index contributed by atoms with van der Waals surface area (Å²) in [4.78, 5) is 12.8. The van der Waals surface area contributed by atoms with Gasteiger partial charge in [0.05, 0.1) is 11.3 Å². The van der Waals surface area contributed by atoms with Crippen LogP contribution in [0.1, 0.15) is 40.9 Å². The van der Waals surface area contributed by atoms with Crippen molar-refractivity contribution in [2.24, 2.45) is 0 Å². The highest BCUT2D eigenvalue weighted by Gasteiger charge is 2.30. The Balaban J connectivity index is 1.33. The van der Waals surface area contributed by atoms with Gasteiger partial charge < -0.3 is 4.98 Å². The maximum Gasteiger partial charge on any atom is 0.416 e. The minimum absolute atomic E-state index is 0.560. The van der Waals surface area contributed by atoms with Crippen molar-refractivity contribution in [3.05, 3.63) is 76.6 Å². The second-order valence-corrected chi connectivity index (χ2v) is 9.14. The van der Waals surface area contributed by atoms with Crippen LogP contribution in [-0.4, -0.2) is 45.9 Å². The van der Waals surface area contributed by atoms with Gasteiger partial charge in [0.2, 0.25) is 0 Å². The molecule has 0 spiro atoms. The number of halogens is 3. The third-order valence-electron chi connectivity index (χ3n) is 6.54. The van der Waals surface area contributed by atoms with E-state index in [0.29, 0.717) is 17.4 Å². The van der Waals surface area contributed by atoms with Crippen LogP contribution in [0, 0.1) is 13.8 Å². The summed E-state index contributed by atoms with van der Waals surface area (Å²) in [6.45, 7) is 7.81. The highest BCUT2D eigenvalue weighted by Crippen LogP contribution is 2.31. The van der Waals surface area contributed by atoms with Crippen LogP contribution >= 0.6 is 0 Å².